The molecule has 5 rings (SSSR count). The van der Waals surface area contributed by atoms with E-state index < -0.39 is 5.25 Å². The van der Waals surface area contributed by atoms with Gasteiger partial charge in [0.05, 0.1) is 23.4 Å². The number of ether oxygens (including phenoxy) is 1. The number of nitrogens with zero attached hydrogens (tertiary/aromatic N) is 4. The zero-order valence-electron chi connectivity index (χ0n) is 21.1. The van der Waals surface area contributed by atoms with Crippen molar-refractivity contribution in [3.05, 3.63) is 70.1 Å². The van der Waals surface area contributed by atoms with Crippen LogP contribution >= 0.6 is 23.1 Å². The number of thioether (sulfide) groups is 1. The van der Waals surface area contributed by atoms with Gasteiger partial charge < -0.3 is 10.1 Å². The summed E-state index contributed by atoms with van der Waals surface area (Å²) < 4.78 is 7.25. The average molecular weight is 528 g/mol. The number of methoxy groups -OCH3 is 1. The van der Waals surface area contributed by atoms with Gasteiger partial charge in [-0.25, -0.2) is 0 Å². The van der Waals surface area contributed by atoms with Crippen molar-refractivity contribution in [3.63, 3.8) is 0 Å². The average Bonchev–Trinajstić information content (AvgIpc) is 3.47. The molecular weight excluding hydrogens is 502 g/mol. The normalized spacial score (nSPS) is 12.0. The van der Waals surface area contributed by atoms with E-state index in [0.717, 1.165) is 44.6 Å². The lowest BCUT2D eigenvalue weighted by atomic mass is 10.0. The highest BCUT2D eigenvalue weighted by Crippen LogP contribution is 2.36. The van der Waals surface area contributed by atoms with Gasteiger partial charge in [0.2, 0.25) is 5.91 Å². The highest BCUT2D eigenvalue weighted by atomic mass is 32.2. The molecule has 0 radical (unpaired) electrons. The van der Waals surface area contributed by atoms with Crippen LogP contribution in [0.2, 0.25) is 0 Å². The van der Waals surface area contributed by atoms with Crippen molar-refractivity contribution in [2.24, 2.45) is 0 Å². The van der Waals surface area contributed by atoms with Crippen LogP contribution in [0.1, 0.15) is 29.2 Å². The van der Waals surface area contributed by atoms with Crippen LogP contribution in [0.25, 0.3) is 27.7 Å². The second kappa shape index (κ2) is 9.88. The van der Waals surface area contributed by atoms with Crippen LogP contribution in [0.15, 0.2) is 53.0 Å². The van der Waals surface area contributed by atoms with Gasteiger partial charge in [-0.15, -0.1) is 21.5 Å². The van der Waals surface area contributed by atoms with Crippen LogP contribution in [0.3, 0.4) is 0 Å². The van der Waals surface area contributed by atoms with E-state index in [9.17, 15) is 10.1 Å². The summed E-state index contributed by atoms with van der Waals surface area (Å²) in [4.78, 5) is 13.2. The first-order chi connectivity index (χ1) is 17.8. The first-order valence-electron chi connectivity index (χ1n) is 11.7. The number of rotatable bonds is 6. The fraction of sp³-hybridized carbons (Fsp3) is 0.214. The maximum Gasteiger partial charge on any atom is 0.238 e. The topological polar surface area (TPSA) is 92.3 Å². The van der Waals surface area contributed by atoms with E-state index in [1.54, 1.807) is 7.11 Å². The monoisotopic (exact) mass is 527 g/mol. The standard InChI is InChI=1S/C28H25N5O2S2/c1-15-10-17(3)25-21(11-15)16(2)12-24-31-32-28(33(24)25)37-18(4)26(34)30-27-22(13-29)23(14-36-27)19-6-8-20(35-5)9-7-19/h6-12,14,18H,1-5H3,(H,30,34). The lowest BCUT2D eigenvalue weighted by molar-refractivity contribution is -0.115. The van der Waals surface area contributed by atoms with E-state index in [1.165, 1.54) is 28.7 Å². The van der Waals surface area contributed by atoms with Gasteiger partial charge in [0.1, 0.15) is 16.8 Å². The van der Waals surface area contributed by atoms with Gasteiger partial charge >= 0.3 is 0 Å². The van der Waals surface area contributed by atoms with Crippen LogP contribution in [-0.2, 0) is 4.79 Å². The molecule has 2 aromatic carbocycles. The molecule has 0 aliphatic heterocycles. The van der Waals surface area contributed by atoms with Crippen molar-refractivity contribution in [2.45, 2.75) is 38.1 Å². The maximum atomic E-state index is 13.2. The minimum Gasteiger partial charge on any atom is -0.497 e. The van der Waals surface area contributed by atoms with Crippen molar-refractivity contribution >= 4 is 50.6 Å². The molecule has 1 amide bonds. The number of pyridine rings is 1. The van der Waals surface area contributed by atoms with Crippen LogP contribution in [0, 0.1) is 32.1 Å². The van der Waals surface area contributed by atoms with Gasteiger partial charge in [0, 0.05) is 16.3 Å². The lowest BCUT2D eigenvalue weighted by Gasteiger charge is -2.13. The third kappa shape index (κ3) is 4.54. The number of nitrogens with one attached hydrogen (secondary N) is 1. The number of carbonyl (C=O) groups is 1. The van der Waals surface area contributed by atoms with Crippen LogP contribution < -0.4 is 10.1 Å². The Hall–Kier alpha value is -3.87. The predicted molar refractivity (Wildman–Crippen MR) is 150 cm³/mol. The number of anilines is 1. The number of thiophene rings is 1. The third-order valence-corrected chi connectivity index (χ3v) is 8.23. The molecule has 1 N–H and O–H groups in total. The second-order valence-electron chi connectivity index (χ2n) is 8.92. The first-order valence-corrected chi connectivity index (χ1v) is 13.5. The quantitative estimate of drug-likeness (QED) is 0.252. The van der Waals surface area contributed by atoms with Gasteiger partial charge in [-0.1, -0.05) is 35.5 Å². The molecule has 186 valence electrons. The van der Waals surface area contributed by atoms with Gasteiger partial charge in [0.15, 0.2) is 10.8 Å². The van der Waals surface area contributed by atoms with Crippen LogP contribution in [0.4, 0.5) is 5.00 Å². The van der Waals surface area contributed by atoms with Crippen molar-refractivity contribution in [2.75, 3.05) is 12.4 Å². The van der Waals surface area contributed by atoms with E-state index in [1.807, 2.05) is 47.0 Å². The molecule has 9 heteroatoms. The summed E-state index contributed by atoms with van der Waals surface area (Å²) in [5.74, 6) is 0.538. The molecular formula is C28H25N5O2S2. The number of fused-ring (bicyclic) bond motifs is 3. The minimum absolute atomic E-state index is 0.203. The van der Waals surface area contributed by atoms with Crippen LogP contribution in [0.5, 0.6) is 5.75 Å². The lowest BCUT2D eigenvalue weighted by Crippen LogP contribution is -2.22. The Morgan fingerprint density at radius 3 is 2.59 bits per heavy atom. The molecule has 0 saturated heterocycles. The Morgan fingerprint density at radius 2 is 1.89 bits per heavy atom. The molecule has 0 bridgehead atoms. The van der Waals surface area contributed by atoms with E-state index in [2.05, 4.69) is 54.5 Å². The number of hydrogen-bond donors (Lipinski definition) is 1. The fourth-order valence-electron chi connectivity index (χ4n) is 4.46. The smallest absolute Gasteiger partial charge is 0.238 e. The van der Waals surface area contributed by atoms with E-state index >= 15 is 0 Å². The molecule has 37 heavy (non-hydrogen) atoms. The number of amides is 1. The number of nitriles is 1. The number of carbonyl (C=O) groups excluding carboxylic acids is 1. The molecule has 0 spiro atoms. The zero-order valence-corrected chi connectivity index (χ0v) is 22.8. The van der Waals surface area contributed by atoms with Crippen molar-refractivity contribution < 1.29 is 9.53 Å². The molecule has 0 aliphatic carbocycles. The largest absolute Gasteiger partial charge is 0.497 e. The molecule has 1 atom stereocenters. The maximum absolute atomic E-state index is 13.2. The van der Waals surface area contributed by atoms with E-state index in [4.69, 9.17) is 4.74 Å². The molecule has 0 saturated carbocycles. The highest BCUT2D eigenvalue weighted by molar-refractivity contribution is 8.00. The third-order valence-electron chi connectivity index (χ3n) is 6.29. The first kappa shape index (κ1) is 24.8. The fourth-order valence-corrected chi connectivity index (χ4v) is 6.24. The number of hydrogen-bond acceptors (Lipinski definition) is 7. The van der Waals surface area contributed by atoms with Crippen molar-refractivity contribution in [1.82, 2.24) is 14.6 Å². The highest BCUT2D eigenvalue weighted by Gasteiger charge is 2.23. The SMILES string of the molecule is COc1ccc(-c2csc(NC(=O)C(C)Sc3nnc4cc(C)c5cc(C)cc(C)c5n34)c2C#N)cc1. The number of aromatic nitrogens is 3. The Morgan fingerprint density at radius 1 is 1.14 bits per heavy atom. The molecule has 3 aromatic heterocycles. The summed E-state index contributed by atoms with van der Waals surface area (Å²) in [5, 5.41) is 25.3. The zero-order chi connectivity index (χ0) is 26.3. The summed E-state index contributed by atoms with van der Waals surface area (Å²) in [7, 11) is 1.61. The van der Waals surface area contributed by atoms with Crippen molar-refractivity contribution in [3.8, 4) is 22.9 Å². The molecule has 3 heterocycles. The summed E-state index contributed by atoms with van der Waals surface area (Å²) in [6.07, 6.45) is 0. The Bertz CT molecular complexity index is 1700. The molecule has 7 nitrogen and oxygen atoms in total. The molecule has 0 aliphatic rings. The number of benzene rings is 2. The Kier molecular flexibility index (Phi) is 6.63. The van der Waals surface area contributed by atoms with Gasteiger partial charge in [-0.2, -0.15) is 5.26 Å². The second-order valence-corrected chi connectivity index (χ2v) is 11.1. The summed E-state index contributed by atoms with van der Waals surface area (Å²) in [6, 6.07) is 16.1. The molecule has 0 fully saturated rings. The summed E-state index contributed by atoms with van der Waals surface area (Å²) >= 11 is 2.69. The summed E-state index contributed by atoms with van der Waals surface area (Å²) in [6.45, 7) is 8.08. The van der Waals surface area contributed by atoms with Crippen molar-refractivity contribution in [1.29, 1.82) is 5.26 Å². The minimum atomic E-state index is -0.465. The van der Waals surface area contributed by atoms with Crippen LogP contribution in [-0.4, -0.2) is 32.9 Å². The van der Waals surface area contributed by atoms with E-state index in [-0.39, 0.29) is 5.91 Å². The summed E-state index contributed by atoms with van der Waals surface area (Å²) in [5.41, 5.74) is 7.38. The number of aryl methyl sites for hydroxylation is 3. The predicted octanol–water partition coefficient (Wildman–Crippen LogP) is 6.54. The Balaban J connectivity index is 1.42. The Labute approximate surface area is 223 Å². The molecule has 5 aromatic rings. The van der Waals surface area contributed by atoms with E-state index in [0.29, 0.717) is 15.7 Å². The van der Waals surface area contributed by atoms with Gasteiger partial charge in [-0.3, -0.25) is 9.20 Å². The molecule has 1 unspecified atom stereocenters. The van der Waals surface area contributed by atoms with Gasteiger partial charge in [-0.05, 0) is 68.7 Å². The van der Waals surface area contributed by atoms with Gasteiger partial charge in [0.25, 0.3) is 0 Å².